The van der Waals surface area contributed by atoms with Crippen LogP contribution in [-0.2, 0) is 7.05 Å². The normalized spacial score (nSPS) is 10.6. The molecule has 2 rings (SSSR count). The number of rotatable bonds is 2. The van der Waals surface area contributed by atoms with E-state index in [9.17, 15) is 4.79 Å². The number of ketones is 1. The Labute approximate surface area is 115 Å². The van der Waals surface area contributed by atoms with Gasteiger partial charge in [0.25, 0.3) is 0 Å². The Bertz CT molecular complexity index is 573. The molecule has 0 radical (unpaired) electrons. The number of aromatic nitrogens is 3. The molecule has 0 aliphatic carbocycles. The van der Waals surface area contributed by atoms with Crippen molar-refractivity contribution in [1.29, 1.82) is 0 Å². The highest BCUT2D eigenvalue weighted by molar-refractivity contribution is 9.10. The molecule has 2 aromatic rings. The molecule has 17 heavy (non-hydrogen) atoms. The molecule has 0 spiro atoms. The second-order valence-corrected chi connectivity index (χ2v) is 5.16. The fraction of sp³-hybridized carbons (Fsp3) is 0.182. The maximum absolute atomic E-state index is 12.4. The van der Waals surface area contributed by atoms with E-state index in [4.69, 9.17) is 0 Å². The van der Waals surface area contributed by atoms with Gasteiger partial charge in [0, 0.05) is 17.1 Å². The predicted octanol–water partition coefficient (Wildman–Crippen LogP) is 2.88. The molecule has 0 saturated carbocycles. The minimum Gasteiger partial charge on any atom is -0.287 e. The summed E-state index contributed by atoms with van der Waals surface area (Å²) in [5.74, 6) is -0.111. The van der Waals surface area contributed by atoms with Gasteiger partial charge in [-0.3, -0.25) is 4.79 Å². The third-order valence-corrected chi connectivity index (χ3v) is 4.02. The highest BCUT2D eigenvalue weighted by Crippen LogP contribution is 2.25. The number of halogens is 2. The maximum Gasteiger partial charge on any atom is 0.215 e. The Kier molecular flexibility index (Phi) is 3.44. The van der Waals surface area contributed by atoms with Crippen LogP contribution in [0.3, 0.4) is 0 Å². The van der Waals surface area contributed by atoms with Crippen LogP contribution < -0.4 is 0 Å². The summed E-state index contributed by atoms with van der Waals surface area (Å²) in [7, 11) is 1.69. The summed E-state index contributed by atoms with van der Waals surface area (Å²) in [4.78, 5) is 12.4. The monoisotopic (exact) mass is 357 g/mol. The summed E-state index contributed by atoms with van der Waals surface area (Å²) < 4.78 is 2.72. The molecule has 0 unspecified atom stereocenters. The molecule has 0 aliphatic heterocycles. The smallest absolute Gasteiger partial charge is 0.215 e. The van der Waals surface area contributed by atoms with Crippen molar-refractivity contribution in [2.24, 2.45) is 7.05 Å². The van der Waals surface area contributed by atoms with Gasteiger partial charge in [0.1, 0.15) is 5.69 Å². The fourth-order valence-corrected chi connectivity index (χ4v) is 2.47. The molecule has 0 bridgehead atoms. The summed E-state index contributed by atoms with van der Waals surface area (Å²) in [5.41, 5.74) is 2.06. The molecule has 0 saturated heterocycles. The molecule has 1 aromatic heterocycles. The fourth-order valence-electron chi connectivity index (χ4n) is 1.52. The molecule has 0 amide bonds. The average Bonchev–Trinajstić information content (AvgIpc) is 2.62. The molecular weight excluding hydrogens is 350 g/mol. The zero-order valence-corrected chi connectivity index (χ0v) is 12.4. The van der Waals surface area contributed by atoms with E-state index in [2.05, 4.69) is 42.2 Å². The van der Waals surface area contributed by atoms with Crippen molar-refractivity contribution in [2.45, 2.75) is 6.92 Å². The SMILES string of the molecule is Cc1cccc(C(=O)c2c(Br)nnn2C)c1Br. The molecule has 0 atom stereocenters. The summed E-state index contributed by atoms with van der Waals surface area (Å²) in [6.45, 7) is 1.94. The number of hydrogen-bond donors (Lipinski definition) is 0. The van der Waals surface area contributed by atoms with Gasteiger partial charge in [0.15, 0.2) is 4.60 Å². The van der Waals surface area contributed by atoms with Crippen LogP contribution >= 0.6 is 31.9 Å². The minimum absolute atomic E-state index is 0.111. The van der Waals surface area contributed by atoms with Crippen LogP contribution in [0.4, 0.5) is 0 Å². The van der Waals surface area contributed by atoms with E-state index in [1.54, 1.807) is 13.1 Å². The first-order valence-electron chi connectivity index (χ1n) is 4.87. The van der Waals surface area contributed by atoms with Gasteiger partial charge in [-0.05, 0) is 50.4 Å². The van der Waals surface area contributed by atoms with Gasteiger partial charge in [0.05, 0.1) is 0 Å². The second-order valence-electron chi connectivity index (χ2n) is 3.62. The van der Waals surface area contributed by atoms with Crippen LogP contribution in [-0.4, -0.2) is 20.8 Å². The van der Waals surface area contributed by atoms with E-state index in [1.807, 2.05) is 19.1 Å². The third-order valence-electron chi connectivity index (χ3n) is 2.44. The topological polar surface area (TPSA) is 47.8 Å². The number of nitrogens with zero attached hydrogens (tertiary/aromatic N) is 3. The Morgan fingerprint density at radius 2 is 2.06 bits per heavy atom. The first kappa shape index (κ1) is 12.4. The highest BCUT2D eigenvalue weighted by Gasteiger charge is 2.21. The lowest BCUT2D eigenvalue weighted by molar-refractivity contribution is 0.102. The average molecular weight is 359 g/mol. The minimum atomic E-state index is -0.111. The molecule has 88 valence electrons. The van der Waals surface area contributed by atoms with Crippen molar-refractivity contribution in [1.82, 2.24) is 15.0 Å². The maximum atomic E-state index is 12.4. The van der Waals surface area contributed by atoms with E-state index in [0.717, 1.165) is 10.0 Å². The van der Waals surface area contributed by atoms with E-state index in [1.165, 1.54) is 4.68 Å². The van der Waals surface area contributed by atoms with Gasteiger partial charge in [0.2, 0.25) is 5.78 Å². The Balaban J connectivity index is 2.55. The van der Waals surface area contributed by atoms with Gasteiger partial charge < -0.3 is 0 Å². The predicted molar refractivity (Wildman–Crippen MR) is 71.0 cm³/mol. The molecule has 0 N–H and O–H groups in total. The summed E-state index contributed by atoms with van der Waals surface area (Å²) >= 11 is 6.66. The zero-order chi connectivity index (χ0) is 12.6. The van der Waals surface area contributed by atoms with Gasteiger partial charge in [-0.2, -0.15) is 0 Å². The molecule has 1 aromatic carbocycles. The van der Waals surface area contributed by atoms with Crippen molar-refractivity contribution >= 4 is 37.6 Å². The zero-order valence-electron chi connectivity index (χ0n) is 9.24. The number of carbonyl (C=O) groups is 1. The second kappa shape index (κ2) is 4.70. The standard InChI is InChI=1S/C11H9Br2N3O/c1-6-4-3-5-7(8(6)12)10(17)9-11(13)14-15-16(9)2/h3-5H,1-2H3. The van der Waals surface area contributed by atoms with E-state index in [0.29, 0.717) is 15.9 Å². The quantitative estimate of drug-likeness (QED) is 0.775. The lowest BCUT2D eigenvalue weighted by Crippen LogP contribution is -2.10. The van der Waals surface area contributed by atoms with Crippen molar-refractivity contribution < 1.29 is 4.79 Å². The summed E-state index contributed by atoms with van der Waals surface area (Å²) in [5, 5.41) is 7.61. The largest absolute Gasteiger partial charge is 0.287 e. The first-order valence-corrected chi connectivity index (χ1v) is 6.46. The molecule has 6 heteroatoms. The van der Waals surface area contributed by atoms with Crippen molar-refractivity contribution in [3.8, 4) is 0 Å². The van der Waals surface area contributed by atoms with E-state index < -0.39 is 0 Å². The van der Waals surface area contributed by atoms with Crippen LogP contribution in [0.25, 0.3) is 0 Å². The number of aryl methyl sites for hydroxylation is 2. The van der Waals surface area contributed by atoms with Crippen molar-refractivity contribution in [3.63, 3.8) is 0 Å². The molecule has 4 nitrogen and oxygen atoms in total. The molecular formula is C11H9Br2N3O. The summed E-state index contributed by atoms with van der Waals surface area (Å²) in [6.07, 6.45) is 0. The van der Waals surface area contributed by atoms with E-state index in [-0.39, 0.29) is 5.78 Å². The van der Waals surface area contributed by atoms with Gasteiger partial charge >= 0.3 is 0 Å². The highest BCUT2D eigenvalue weighted by atomic mass is 79.9. The third kappa shape index (κ3) is 2.19. The van der Waals surface area contributed by atoms with Gasteiger partial charge in [-0.15, -0.1) is 5.10 Å². The number of hydrogen-bond acceptors (Lipinski definition) is 3. The van der Waals surface area contributed by atoms with E-state index >= 15 is 0 Å². The van der Waals surface area contributed by atoms with Crippen molar-refractivity contribution in [2.75, 3.05) is 0 Å². The number of carbonyl (C=O) groups excluding carboxylic acids is 1. The van der Waals surface area contributed by atoms with Crippen LogP contribution in [0.5, 0.6) is 0 Å². The lowest BCUT2D eigenvalue weighted by Gasteiger charge is -2.06. The van der Waals surface area contributed by atoms with Crippen molar-refractivity contribution in [3.05, 3.63) is 44.1 Å². The summed E-state index contributed by atoms with van der Waals surface area (Å²) in [6, 6.07) is 5.57. The van der Waals surface area contributed by atoms with Crippen LogP contribution in [0.1, 0.15) is 21.6 Å². The molecule has 0 fully saturated rings. The van der Waals surface area contributed by atoms with Gasteiger partial charge in [-0.1, -0.05) is 17.3 Å². The first-order chi connectivity index (χ1) is 8.02. The molecule has 0 aliphatic rings. The number of benzene rings is 1. The molecule has 1 heterocycles. The van der Waals surface area contributed by atoms with Gasteiger partial charge in [-0.25, -0.2) is 4.68 Å². The lowest BCUT2D eigenvalue weighted by atomic mass is 10.1. The Morgan fingerprint density at radius 1 is 1.35 bits per heavy atom. The van der Waals surface area contributed by atoms with Crippen LogP contribution in [0.15, 0.2) is 27.3 Å². The Hall–Kier alpha value is -1.01. The van der Waals surface area contributed by atoms with Crippen LogP contribution in [0, 0.1) is 6.92 Å². The Morgan fingerprint density at radius 3 is 2.65 bits per heavy atom. The van der Waals surface area contributed by atoms with Crippen LogP contribution in [0.2, 0.25) is 0 Å².